The molecule has 0 bridgehead atoms. The first-order valence-corrected chi connectivity index (χ1v) is 5.37. The first kappa shape index (κ1) is 12.9. The Hall–Kier alpha value is -2.15. The fourth-order valence-corrected chi connectivity index (χ4v) is 1.55. The van der Waals surface area contributed by atoms with E-state index in [0.717, 1.165) is 0 Å². The maximum absolute atomic E-state index is 11.7. The zero-order valence-electron chi connectivity index (χ0n) is 9.82. The number of nitriles is 1. The Labute approximate surface area is 99.8 Å². The molecular weight excluding hydrogens is 218 g/mol. The van der Waals surface area contributed by atoms with Crippen LogP contribution in [-0.4, -0.2) is 18.9 Å². The van der Waals surface area contributed by atoms with Gasteiger partial charge in [-0.15, -0.1) is 0 Å². The van der Waals surface area contributed by atoms with E-state index >= 15 is 0 Å². The van der Waals surface area contributed by atoms with Crippen LogP contribution in [0.5, 0.6) is 0 Å². The van der Waals surface area contributed by atoms with E-state index in [-0.39, 0.29) is 12.2 Å². The zero-order chi connectivity index (χ0) is 12.8. The van der Waals surface area contributed by atoms with Gasteiger partial charge in [0.15, 0.2) is 6.29 Å². The van der Waals surface area contributed by atoms with Crippen molar-refractivity contribution in [3.05, 3.63) is 34.4 Å². The van der Waals surface area contributed by atoms with Crippen LogP contribution in [0.15, 0.2) is 12.1 Å². The molecule has 0 heterocycles. The number of benzene rings is 1. The third-order valence-corrected chi connectivity index (χ3v) is 2.40. The summed E-state index contributed by atoms with van der Waals surface area (Å²) in [5.74, 6) is -0.460. The molecule has 1 rings (SSSR count). The lowest BCUT2D eigenvalue weighted by molar-refractivity contribution is 0.0525. The molecule has 4 heteroatoms. The molecule has 0 aliphatic heterocycles. The highest BCUT2D eigenvalue weighted by Crippen LogP contribution is 2.17. The Morgan fingerprint density at radius 1 is 1.47 bits per heavy atom. The second-order valence-corrected chi connectivity index (χ2v) is 3.40. The summed E-state index contributed by atoms with van der Waals surface area (Å²) in [6.07, 6.45) is 1.22. The summed E-state index contributed by atoms with van der Waals surface area (Å²) in [5.41, 5.74) is 1.57. The average molecular weight is 231 g/mol. The molecule has 0 spiro atoms. The van der Waals surface area contributed by atoms with Gasteiger partial charge in [-0.1, -0.05) is 6.92 Å². The van der Waals surface area contributed by atoms with E-state index < -0.39 is 5.97 Å². The summed E-state index contributed by atoms with van der Waals surface area (Å²) >= 11 is 0. The largest absolute Gasteiger partial charge is 0.462 e. The number of aldehydes is 1. The topological polar surface area (TPSA) is 67.2 Å². The minimum Gasteiger partial charge on any atom is -0.462 e. The van der Waals surface area contributed by atoms with E-state index in [1.165, 1.54) is 6.07 Å². The number of aryl methyl sites for hydroxylation is 1. The van der Waals surface area contributed by atoms with Gasteiger partial charge in [-0.05, 0) is 31.0 Å². The van der Waals surface area contributed by atoms with E-state index in [4.69, 9.17) is 10.00 Å². The molecule has 0 aromatic heterocycles. The van der Waals surface area contributed by atoms with Crippen LogP contribution in [0.1, 0.15) is 45.7 Å². The molecule has 1 aromatic carbocycles. The number of nitrogens with zero attached hydrogens (tertiary/aromatic N) is 1. The van der Waals surface area contributed by atoms with Gasteiger partial charge in [-0.25, -0.2) is 4.79 Å². The van der Waals surface area contributed by atoms with Gasteiger partial charge in [0.05, 0.1) is 23.8 Å². The van der Waals surface area contributed by atoms with Crippen LogP contribution in [0.4, 0.5) is 0 Å². The highest BCUT2D eigenvalue weighted by Gasteiger charge is 2.15. The standard InChI is InChI=1S/C13H13NO3/c1-3-9-5-11(8-15)10(7-14)6-12(9)13(16)17-4-2/h5-6,8H,3-4H2,1-2H3. The van der Waals surface area contributed by atoms with Crippen molar-refractivity contribution in [1.82, 2.24) is 0 Å². The monoisotopic (exact) mass is 231 g/mol. The quantitative estimate of drug-likeness (QED) is 0.588. The van der Waals surface area contributed by atoms with Crippen molar-refractivity contribution in [2.45, 2.75) is 20.3 Å². The van der Waals surface area contributed by atoms with Crippen molar-refractivity contribution in [1.29, 1.82) is 5.26 Å². The summed E-state index contributed by atoms with van der Waals surface area (Å²) in [5, 5.41) is 8.89. The van der Waals surface area contributed by atoms with Crippen LogP contribution in [-0.2, 0) is 11.2 Å². The van der Waals surface area contributed by atoms with E-state index in [9.17, 15) is 9.59 Å². The normalized spacial score (nSPS) is 9.47. The van der Waals surface area contributed by atoms with Gasteiger partial charge in [-0.2, -0.15) is 5.26 Å². The lowest BCUT2D eigenvalue weighted by Gasteiger charge is -2.09. The first-order chi connectivity index (χ1) is 8.17. The Bertz CT molecular complexity index is 486. The van der Waals surface area contributed by atoms with Gasteiger partial charge < -0.3 is 4.74 Å². The fraction of sp³-hybridized carbons (Fsp3) is 0.308. The lowest BCUT2D eigenvalue weighted by atomic mass is 9.98. The third-order valence-electron chi connectivity index (χ3n) is 2.40. The molecule has 4 nitrogen and oxygen atoms in total. The van der Waals surface area contributed by atoms with Gasteiger partial charge in [0.25, 0.3) is 0 Å². The number of hydrogen-bond acceptors (Lipinski definition) is 4. The lowest BCUT2D eigenvalue weighted by Crippen LogP contribution is -2.09. The van der Waals surface area contributed by atoms with Crippen molar-refractivity contribution < 1.29 is 14.3 Å². The predicted octanol–water partition coefficient (Wildman–Crippen LogP) is 2.11. The maximum atomic E-state index is 11.7. The predicted molar refractivity (Wildman–Crippen MR) is 61.9 cm³/mol. The smallest absolute Gasteiger partial charge is 0.338 e. The summed E-state index contributed by atoms with van der Waals surface area (Å²) in [6.45, 7) is 3.87. The number of hydrogen-bond donors (Lipinski definition) is 0. The number of rotatable bonds is 4. The first-order valence-electron chi connectivity index (χ1n) is 5.37. The van der Waals surface area contributed by atoms with Crippen LogP contribution in [0.2, 0.25) is 0 Å². The molecule has 88 valence electrons. The Morgan fingerprint density at radius 2 is 2.18 bits per heavy atom. The van der Waals surface area contributed by atoms with Crippen molar-refractivity contribution >= 4 is 12.3 Å². The van der Waals surface area contributed by atoms with Crippen molar-refractivity contribution in [2.24, 2.45) is 0 Å². The van der Waals surface area contributed by atoms with Gasteiger partial charge in [-0.3, -0.25) is 4.79 Å². The summed E-state index contributed by atoms with van der Waals surface area (Å²) < 4.78 is 4.91. The highest BCUT2D eigenvalue weighted by molar-refractivity contribution is 5.93. The molecule has 0 amide bonds. The van der Waals surface area contributed by atoms with Gasteiger partial charge >= 0.3 is 5.97 Å². The molecule has 17 heavy (non-hydrogen) atoms. The Kier molecular flexibility index (Phi) is 4.41. The van der Waals surface area contributed by atoms with Crippen molar-refractivity contribution in [3.8, 4) is 6.07 Å². The van der Waals surface area contributed by atoms with E-state index in [1.807, 2.05) is 13.0 Å². The minimum absolute atomic E-state index is 0.195. The average Bonchev–Trinajstić information content (AvgIpc) is 2.37. The zero-order valence-corrected chi connectivity index (χ0v) is 9.82. The summed E-state index contributed by atoms with van der Waals surface area (Å²) in [7, 11) is 0. The molecule has 0 N–H and O–H groups in total. The molecule has 0 aliphatic rings. The molecule has 0 saturated carbocycles. The van der Waals surface area contributed by atoms with Crippen molar-refractivity contribution in [2.75, 3.05) is 6.61 Å². The molecule has 0 fully saturated rings. The van der Waals surface area contributed by atoms with Crippen LogP contribution >= 0.6 is 0 Å². The Balaban J connectivity index is 3.34. The van der Waals surface area contributed by atoms with E-state index in [1.54, 1.807) is 13.0 Å². The van der Waals surface area contributed by atoms with Crippen LogP contribution < -0.4 is 0 Å². The van der Waals surface area contributed by atoms with Gasteiger partial charge in [0, 0.05) is 5.56 Å². The fourth-order valence-electron chi connectivity index (χ4n) is 1.55. The SMILES string of the molecule is CCOC(=O)c1cc(C#N)c(C=O)cc1CC. The number of esters is 1. The van der Waals surface area contributed by atoms with Crippen LogP contribution in [0.3, 0.4) is 0 Å². The van der Waals surface area contributed by atoms with E-state index in [2.05, 4.69) is 0 Å². The van der Waals surface area contributed by atoms with Gasteiger partial charge in [0.1, 0.15) is 0 Å². The van der Waals surface area contributed by atoms with Gasteiger partial charge in [0.2, 0.25) is 0 Å². The molecule has 0 unspecified atom stereocenters. The number of ether oxygens (including phenoxy) is 1. The maximum Gasteiger partial charge on any atom is 0.338 e. The molecule has 0 aliphatic carbocycles. The van der Waals surface area contributed by atoms with Crippen LogP contribution in [0.25, 0.3) is 0 Å². The summed E-state index contributed by atoms with van der Waals surface area (Å²) in [6, 6.07) is 4.88. The summed E-state index contributed by atoms with van der Waals surface area (Å²) in [4.78, 5) is 22.5. The second-order valence-electron chi connectivity index (χ2n) is 3.40. The molecule has 1 aromatic rings. The minimum atomic E-state index is -0.460. The molecule has 0 saturated heterocycles. The number of carbonyl (C=O) groups is 2. The van der Waals surface area contributed by atoms with Crippen LogP contribution in [0, 0.1) is 11.3 Å². The molecule has 0 radical (unpaired) electrons. The number of carbonyl (C=O) groups excluding carboxylic acids is 2. The Morgan fingerprint density at radius 3 is 2.65 bits per heavy atom. The van der Waals surface area contributed by atoms with E-state index in [0.29, 0.717) is 29.4 Å². The van der Waals surface area contributed by atoms with Crippen molar-refractivity contribution in [3.63, 3.8) is 0 Å². The third kappa shape index (κ3) is 2.70. The highest BCUT2D eigenvalue weighted by atomic mass is 16.5. The molecular formula is C13H13NO3. The molecule has 0 atom stereocenters. The second kappa shape index (κ2) is 5.80.